The molecule has 2 aromatic carbocycles. The smallest absolute Gasteiger partial charge is 0.233 e. The standard InChI is InChI=1S/C22H20N2O3/c25-18(23-17-7-3-5-13-4-1-2-6-16(13)17)10-11-24-21(26)19-14-8-9-15(12-14)20(19)22(24)27/h1-9,14-15,19-20H,10-12H2,(H,23,25)/t14-,15-,19-,20+/m1/s1. The van der Waals surface area contributed by atoms with Gasteiger partial charge in [-0.15, -0.1) is 0 Å². The Kier molecular flexibility index (Phi) is 3.64. The first-order chi connectivity index (χ1) is 13.1. The predicted molar refractivity (Wildman–Crippen MR) is 102 cm³/mol. The zero-order chi connectivity index (χ0) is 18.5. The van der Waals surface area contributed by atoms with Gasteiger partial charge >= 0.3 is 0 Å². The topological polar surface area (TPSA) is 66.5 Å². The van der Waals surface area contributed by atoms with Gasteiger partial charge in [-0.3, -0.25) is 19.3 Å². The largest absolute Gasteiger partial charge is 0.325 e. The van der Waals surface area contributed by atoms with Gasteiger partial charge in [0.05, 0.1) is 11.8 Å². The Balaban J connectivity index is 1.26. The third-order valence-corrected chi connectivity index (χ3v) is 6.19. The molecule has 0 unspecified atom stereocenters. The molecule has 5 heteroatoms. The Labute approximate surface area is 157 Å². The minimum absolute atomic E-state index is 0.0974. The molecule has 27 heavy (non-hydrogen) atoms. The first-order valence-electron chi connectivity index (χ1n) is 9.44. The van der Waals surface area contributed by atoms with Crippen molar-refractivity contribution >= 4 is 34.2 Å². The number of imide groups is 1. The number of nitrogens with one attached hydrogen (secondary N) is 1. The molecular weight excluding hydrogens is 340 g/mol. The van der Waals surface area contributed by atoms with E-state index in [4.69, 9.17) is 0 Å². The van der Waals surface area contributed by atoms with Crippen molar-refractivity contribution in [1.29, 1.82) is 0 Å². The number of fused-ring (bicyclic) bond motifs is 6. The second-order valence-electron chi connectivity index (χ2n) is 7.65. The van der Waals surface area contributed by atoms with Gasteiger partial charge in [-0.2, -0.15) is 0 Å². The van der Waals surface area contributed by atoms with Crippen LogP contribution in [-0.4, -0.2) is 29.2 Å². The highest BCUT2D eigenvalue weighted by Crippen LogP contribution is 2.52. The number of hydrogen-bond acceptors (Lipinski definition) is 3. The van der Waals surface area contributed by atoms with Crippen LogP contribution in [0, 0.1) is 23.7 Å². The summed E-state index contributed by atoms with van der Waals surface area (Å²) in [5, 5.41) is 4.94. The molecule has 0 radical (unpaired) electrons. The van der Waals surface area contributed by atoms with Crippen LogP contribution < -0.4 is 5.32 Å². The SMILES string of the molecule is O=C(CCN1C(=O)[C@@H]2[C@H](C1=O)[C@@H]1C=C[C@@H]2C1)Nc1cccc2ccccc12. The van der Waals surface area contributed by atoms with E-state index in [1.807, 2.05) is 42.5 Å². The molecule has 2 aliphatic carbocycles. The first kappa shape index (κ1) is 16.2. The van der Waals surface area contributed by atoms with Crippen molar-refractivity contribution in [3.05, 3.63) is 54.6 Å². The highest BCUT2D eigenvalue weighted by atomic mass is 16.2. The normalized spacial score (nSPS) is 28.2. The summed E-state index contributed by atoms with van der Waals surface area (Å²) in [5.74, 6) is -0.385. The van der Waals surface area contributed by atoms with Gasteiger partial charge in [0.2, 0.25) is 17.7 Å². The Morgan fingerprint density at radius 1 is 0.963 bits per heavy atom. The van der Waals surface area contributed by atoms with Gasteiger partial charge in [0.1, 0.15) is 0 Å². The van der Waals surface area contributed by atoms with Gasteiger partial charge in [-0.1, -0.05) is 48.6 Å². The second kappa shape index (κ2) is 6.05. The quantitative estimate of drug-likeness (QED) is 0.673. The monoisotopic (exact) mass is 360 g/mol. The first-order valence-corrected chi connectivity index (χ1v) is 9.44. The van der Waals surface area contributed by atoms with Crippen LogP contribution in [0.4, 0.5) is 5.69 Å². The highest BCUT2D eigenvalue weighted by molar-refractivity contribution is 6.07. The lowest BCUT2D eigenvalue weighted by molar-refractivity contribution is -0.140. The van der Waals surface area contributed by atoms with Crippen molar-refractivity contribution in [2.24, 2.45) is 23.7 Å². The van der Waals surface area contributed by atoms with E-state index in [0.717, 1.165) is 22.9 Å². The Morgan fingerprint density at radius 2 is 1.63 bits per heavy atom. The van der Waals surface area contributed by atoms with Gasteiger partial charge in [0.15, 0.2) is 0 Å². The lowest BCUT2D eigenvalue weighted by Crippen LogP contribution is -2.35. The molecule has 0 spiro atoms. The number of anilines is 1. The van der Waals surface area contributed by atoms with Crippen LogP contribution in [0.3, 0.4) is 0 Å². The maximum atomic E-state index is 12.7. The van der Waals surface area contributed by atoms with Crippen molar-refractivity contribution in [2.45, 2.75) is 12.8 Å². The number of allylic oxidation sites excluding steroid dienone is 2. The summed E-state index contributed by atoms with van der Waals surface area (Å²) in [6.45, 7) is 0.153. The van der Waals surface area contributed by atoms with Gasteiger partial charge in [0, 0.05) is 24.0 Å². The molecule has 5 rings (SSSR count). The summed E-state index contributed by atoms with van der Waals surface area (Å²) in [6.07, 6.45) is 5.19. The maximum Gasteiger partial charge on any atom is 0.233 e. The van der Waals surface area contributed by atoms with E-state index in [1.165, 1.54) is 4.90 Å². The van der Waals surface area contributed by atoms with Gasteiger partial charge in [-0.25, -0.2) is 0 Å². The van der Waals surface area contributed by atoms with Crippen LogP contribution in [0.5, 0.6) is 0 Å². The predicted octanol–water partition coefficient (Wildman–Crippen LogP) is 2.98. The maximum absolute atomic E-state index is 12.7. The van der Waals surface area contributed by atoms with E-state index in [1.54, 1.807) is 0 Å². The van der Waals surface area contributed by atoms with Crippen molar-refractivity contribution in [2.75, 3.05) is 11.9 Å². The molecule has 1 aliphatic heterocycles. The fourth-order valence-corrected chi connectivity index (χ4v) is 4.94. The van der Waals surface area contributed by atoms with E-state index >= 15 is 0 Å². The molecule has 1 saturated carbocycles. The summed E-state index contributed by atoms with van der Waals surface area (Å²) in [4.78, 5) is 39.1. The van der Waals surface area contributed by atoms with Crippen LogP contribution in [0.2, 0.25) is 0 Å². The van der Waals surface area contributed by atoms with Crippen molar-refractivity contribution < 1.29 is 14.4 Å². The van der Waals surface area contributed by atoms with Gasteiger partial charge in [0.25, 0.3) is 0 Å². The number of benzene rings is 2. The number of likely N-dealkylation sites (tertiary alicyclic amines) is 1. The van der Waals surface area contributed by atoms with Crippen LogP contribution in [0.25, 0.3) is 10.8 Å². The number of nitrogens with zero attached hydrogens (tertiary/aromatic N) is 1. The Bertz CT molecular complexity index is 961. The minimum atomic E-state index is -0.200. The van der Waals surface area contributed by atoms with Crippen molar-refractivity contribution in [1.82, 2.24) is 4.90 Å². The lowest BCUT2D eigenvalue weighted by Gasteiger charge is -2.17. The molecule has 3 aliphatic rings. The Morgan fingerprint density at radius 3 is 2.37 bits per heavy atom. The summed E-state index contributed by atoms with van der Waals surface area (Å²) in [6, 6.07) is 13.6. The molecule has 136 valence electrons. The summed E-state index contributed by atoms with van der Waals surface area (Å²) in [5.41, 5.74) is 0.747. The molecule has 2 bridgehead atoms. The average Bonchev–Trinajstić information content (AvgIpc) is 3.35. The van der Waals surface area contributed by atoms with Crippen LogP contribution >= 0.6 is 0 Å². The molecule has 1 saturated heterocycles. The summed E-state index contributed by atoms with van der Waals surface area (Å²) < 4.78 is 0. The van der Waals surface area contributed by atoms with Crippen molar-refractivity contribution in [3.8, 4) is 0 Å². The van der Waals surface area contributed by atoms with E-state index in [-0.39, 0.29) is 54.4 Å². The molecule has 4 atom stereocenters. The van der Waals surface area contributed by atoms with Gasteiger partial charge in [-0.05, 0) is 29.7 Å². The zero-order valence-corrected chi connectivity index (χ0v) is 14.8. The van der Waals surface area contributed by atoms with E-state index < -0.39 is 0 Å². The number of amides is 3. The number of carbonyl (C=O) groups is 3. The molecule has 2 fully saturated rings. The zero-order valence-electron chi connectivity index (χ0n) is 14.8. The fourth-order valence-electron chi connectivity index (χ4n) is 4.94. The second-order valence-corrected chi connectivity index (χ2v) is 7.65. The molecule has 0 aromatic heterocycles. The molecule has 1 heterocycles. The summed E-state index contributed by atoms with van der Waals surface area (Å²) >= 11 is 0. The molecule has 3 amide bonds. The van der Waals surface area contributed by atoms with E-state index in [9.17, 15) is 14.4 Å². The van der Waals surface area contributed by atoms with E-state index in [0.29, 0.717) is 0 Å². The Hall–Kier alpha value is -2.95. The van der Waals surface area contributed by atoms with Crippen LogP contribution in [-0.2, 0) is 14.4 Å². The van der Waals surface area contributed by atoms with Crippen LogP contribution in [0.15, 0.2) is 54.6 Å². The molecule has 5 nitrogen and oxygen atoms in total. The summed E-state index contributed by atoms with van der Waals surface area (Å²) in [7, 11) is 0. The number of carbonyl (C=O) groups excluding carboxylic acids is 3. The highest BCUT2D eigenvalue weighted by Gasteiger charge is 2.58. The molecule has 2 aromatic rings. The number of rotatable bonds is 4. The molecular formula is C22H20N2O3. The van der Waals surface area contributed by atoms with Crippen LogP contribution in [0.1, 0.15) is 12.8 Å². The minimum Gasteiger partial charge on any atom is -0.325 e. The fraction of sp³-hybridized carbons (Fsp3) is 0.318. The lowest BCUT2D eigenvalue weighted by atomic mass is 9.85. The van der Waals surface area contributed by atoms with Gasteiger partial charge < -0.3 is 5.32 Å². The third-order valence-electron chi connectivity index (χ3n) is 6.19. The number of hydrogen-bond donors (Lipinski definition) is 1. The molecule has 1 N–H and O–H groups in total. The third kappa shape index (κ3) is 2.49. The average molecular weight is 360 g/mol. The van der Waals surface area contributed by atoms with E-state index in [2.05, 4.69) is 17.5 Å². The van der Waals surface area contributed by atoms with Crippen molar-refractivity contribution in [3.63, 3.8) is 0 Å².